The van der Waals surface area contributed by atoms with Crippen LogP contribution in [-0.4, -0.2) is 11.2 Å². The zero-order chi connectivity index (χ0) is 9.61. The molecule has 70 valence electrons. The molecule has 0 radical (unpaired) electrons. The molecule has 0 saturated carbocycles. The van der Waals surface area contributed by atoms with Gasteiger partial charge in [0, 0.05) is 5.41 Å². The van der Waals surface area contributed by atoms with Crippen LogP contribution >= 0.6 is 0 Å². The molecule has 0 saturated heterocycles. The van der Waals surface area contributed by atoms with E-state index >= 15 is 0 Å². The van der Waals surface area contributed by atoms with Crippen molar-refractivity contribution in [2.24, 2.45) is 5.41 Å². The molecule has 0 amide bonds. The number of aliphatic hydroxyl groups is 1. The molecule has 0 aliphatic rings. The van der Waals surface area contributed by atoms with Gasteiger partial charge in [0.2, 0.25) is 0 Å². The van der Waals surface area contributed by atoms with Gasteiger partial charge in [-0.15, -0.1) is 6.58 Å². The van der Waals surface area contributed by atoms with Gasteiger partial charge in [-0.05, 0) is 26.7 Å². The molecule has 0 heterocycles. The molecule has 0 rings (SSSR count). The summed E-state index contributed by atoms with van der Waals surface area (Å²) < 4.78 is 0. The predicted molar refractivity (Wildman–Crippen MR) is 54.0 cm³/mol. The molecule has 2 unspecified atom stereocenters. The van der Waals surface area contributed by atoms with Crippen molar-refractivity contribution in [2.75, 3.05) is 0 Å². The summed E-state index contributed by atoms with van der Waals surface area (Å²) >= 11 is 0. The summed E-state index contributed by atoms with van der Waals surface area (Å²) in [6.45, 7) is 9.69. The van der Waals surface area contributed by atoms with Crippen LogP contribution in [0.2, 0.25) is 0 Å². The Morgan fingerprint density at radius 1 is 1.58 bits per heavy atom. The smallest absolute Gasteiger partial charge is 0.0605 e. The molecule has 0 fully saturated rings. The van der Waals surface area contributed by atoms with E-state index in [2.05, 4.69) is 19.6 Å². The molecule has 0 aromatic rings. The summed E-state index contributed by atoms with van der Waals surface area (Å²) in [5.41, 5.74) is -0.132. The van der Waals surface area contributed by atoms with Crippen LogP contribution in [0.5, 0.6) is 0 Å². The van der Waals surface area contributed by atoms with Gasteiger partial charge in [-0.3, -0.25) is 0 Å². The predicted octanol–water partition coefficient (Wildman–Crippen LogP) is 2.92. The van der Waals surface area contributed by atoms with Crippen molar-refractivity contribution in [1.29, 1.82) is 0 Å². The Bertz CT molecular complexity index is 158. The highest BCUT2D eigenvalue weighted by molar-refractivity contribution is 5.02. The number of hydrogen-bond acceptors (Lipinski definition) is 1. The van der Waals surface area contributed by atoms with E-state index < -0.39 is 0 Å². The molecule has 0 aromatic heterocycles. The van der Waals surface area contributed by atoms with E-state index in [1.807, 2.05) is 26.0 Å². The Morgan fingerprint density at radius 3 is 2.42 bits per heavy atom. The molecule has 12 heavy (non-hydrogen) atoms. The first kappa shape index (κ1) is 11.4. The van der Waals surface area contributed by atoms with E-state index in [0.717, 1.165) is 12.8 Å². The molecule has 0 aliphatic heterocycles. The van der Waals surface area contributed by atoms with Crippen LogP contribution < -0.4 is 0 Å². The van der Waals surface area contributed by atoms with E-state index in [9.17, 15) is 5.11 Å². The van der Waals surface area contributed by atoms with Gasteiger partial charge in [0.25, 0.3) is 0 Å². The largest absolute Gasteiger partial charge is 0.393 e. The van der Waals surface area contributed by atoms with Gasteiger partial charge in [0.15, 0.2) is 0 Å². The minimum atomic E-state index is -0.323. The highest BCUT2D eigenvalue weighted by Gasteiger charge is 2.28. The van der Waals surface area contributed by atoms with Crippen molar-refractivity contribution in [2.45, 2.75) is 39.7 Å². The maximum absolute atomic E-state index is 9.58. The maximum Gasteiger partial charge on any atom is 0.0605 e. The normalized spacial score (nSPS) is 19.0. The third-order valence-electron chi connectivity index (χ3n) is 2.63. The first-order valence-corrected chi connectivity index (χ1v) is 4.55. The highest BCUT2D eigenvalue weighted by Crippen LogP contribution is 2.32. The molecule has 1 nitrogen and oxygen atoms in total. The number of allylic oxidation sites excluding steroid dienone is 2. The highest BCUT2D eigenvalue weighted by atomic mass is 16.3. The average molecular weight is 168 g/mol. The third-order valence-corrected chi connectivity index (χ3v) is 2.63. The Hall–Kier alpha value is -0.560. The number of aliphatic hydroxyl groups excluding tert-OH is 1. The number of rotatable bonds is 5. The molecular weight excluding hydrogens is 148 g/mol. The van der Waals surface area contributed by atoms with Crippen molar-refractivity contribution >= 4 is 0 Å². The third kappa shape index (κ3) is 2.49. The van der Waals surface area contributed by atoms with Crippen molar-refractivity contribution in [3.8, 4) is 0 Å². The molecule has 0 aromatic carbocycles. The topological polar surface area (TPSA) is 20.2 Å². The lowest BCUT2D eigenvalue weighted by Crippen LogP contribution is -2.29. The molecular formula is C11H20O. The standard InChI is InChI=1S/C11H20O/c1-5-8-9-11(6-2,7-3)10(4)12/h5-6,8,10,12H,2,7,9H2,1,3-4H3. The van der Waals surface area contributed by atoms with Crippen LogP contribution in [0.3, 0.4) is 0 Å². The minimum Gasteiger partial charge on any atom is -0.393 e. The summed E-state index contributed by atoms with van der Waals surface area (Å²) in [6.07, 6.45) is 7.45. The molecule has 0 bridgehead atoms. The maximum atomic E-state index is 9.58. The van der Waals surface area contributed by atoms with Crippen molar-refractivity contribution in [3.63, 3.8) is 0 Å². The van der Waals surface area contributed by atoms with Gasteiger partial charge in [-0.25, -0.2) is 0 Å². The fraction of sp³-hybridized carbons (Fsp3) is 0.636. The zero-order valence-corrected chi connectivity index (χ0v) is 8.38. The molecule has 1 heteroatoms. The van der Waals surface area contributed by atoms with Crippen LogP contribution in [-0.2, 0) is 0 Å². The fourth-order valence-corrected chi connectivity index (χ4v) is 1.35. The zero-order valence-electron chi connectivity index (χ0n) is 8.38. The summed E-state index contributed by atoms with van der Waals surface area (Å²) in [5.74, 6) is 0. The second-order valence-corrected chi connectivity index (χ2v) is 3.24. The fourth-order valence-electron chi connectivity index (χ4n) is 1.35. The molecule has 1 N–H and O–H groups in total. The summed E-state index contributed by atoms with van der Waals surface area (Å²) in [6, 6.07) is 0. The SMILES string of the molecule is C=CC(CC)(CC=CC)C(C)O. The van der Waals surface area contributed by atoms with Crippen LogP contribution in [0.25, 0.3) is 0 Å². The molecule has 0 spiro atoms. The Kier molecular flexibility index (Phi) is 4.91. The summed E-state index contributed by atoms with van der Waals surface area (Å²) in [7, 11) is 0. The Balaban J connectivity index is 4.45. The van der Waals surface area contributed by atoms with Crippen molar-refractivity contribution in [1.82, 2.24) is 0 Å². The second kappa shape index (κ2) is 5.15. The van der Waals surface area contributed by atoms with Gasteiger partial charge in [-0.2, -0.15) is 0 Å². The monoisotopic (exact) mass is 168 g/mol. The van der Waals surface area contributed by atoms with E-state index in [4.69, 9.17) is 0 Å². The quantitative estimate of drug-likeness (QED) is 0.626. The first-order valence-electron chi connectivity index (χ1n) is 4.55. The van der Waals surface area contributed by atoms with E-state index in [-0.39, 0.29) is 11.5 Å². The summed E-state index contributed by atoms with van der Waals surface area (Å²) in [5, 5.41) is 9.58. The minimum absolute atomic E-state index is 0.132. The average Bonchev–Trinajstić information content (AvgIpc) is 2.07. The van der Waals surface area contributed by atoms with Crippen LogP contribution in [0.4, 0.5) is 0 Å². The van der Waals surface area contributed by atoms with E-state index in [1.54, 1.807) is 0 Å². The van der Waals surface area contributed by atoms with Gasteiger partial charge in [-0.1, -0.05) is 25.2 Å². The van der Waals surface area contributed by atoms with Crippen molar-refractivity contribution in [3.05, 3.63) is 24.8 Å². The van der Waals surface area contributed by atoms with Crippen LogP contribution in [0.15, 0.2) is 24.8 Å². The Labute approximate surface area is 75.8 Å². The molecule has 2 atom stereocenters. The van der Waals surface area contributed by atoms with Crippen LogP contribution in [0, 0.1) is 5.41 Å². The van der Waals surface area contributed by atoms with E-state index in [1.165, 1.54) is 0 Å². The summed E-state index contributed by atoms with van der Waals surface area (Å²) in [4.78, 5) is 0. The second-order valence-electron chi connectivity index (χ2n) is 3.24. The first-order chi connectivity index (χ1) is 5.63. The van der Waals surface area contributed by atoms with Crippen LogP contribution in [0.1, 0.15) is 33.6 Å². The van der Waals surface area contributed by atoms with Gasteiger partial charge in [0.1, 0.15) is 0 Å². The van der Waals surface area contributed by atoms with E-state index in [0.29, 0.717) is 0 Å². The number of hydrogen-bond donors (Lipinski definition) is 1. The van der Waals surface area contributed by atoms with Gasteiger partial charge >= 0.3 is 0 Å². The lowest BCUT2D eigenvalue weighted by atomic mass is 9.77. The molecule has 0 aliphatic carbocycles. The van der Waals surface area contributed by atoms with Crippen molar-refractivity contribution < 1.29 is 5.11 Å². The van der Waals surface area contributed by atoms with Gasteiger partial charge in [0.05, 0.1) is 6.10 Å². The van der Waals surface area contributed by atoms with Gasteiger partial charge < -0.3 is 5.11 Å². The Morgan fingerprint density at radius 2 is 2.17 bits per heavy atom. The lowest BCUT2D eigenvalue weighted by molar-refractivity contribution is 0.0734. The lowest BCUT2D eigenvalue weighted by Gasteiger charge is -2.31.